The molecule has 6 nitrogen and oxygen atoms in total. The summed E-state index contributed by atoms with van der Waals surface area (Å²) in [5.74, 6) is -1.43. The minimum Gasteiger partial charge on any atom is -0.478 e. The van der Waals surface area contributed by atoms with Gasteiger partial charge in [0.1, 0.15) is 0 Å². The van der Waals surface area contributed by atoms with Gasteiger partial charge in [-0.1, -0.05) is 6.07 Å². The molecule has 1 heterocycles. The van der Waals surface area contributed by atoms with Crippen LogP contribution in [0.3, 0.4) is 0 Å². The quantitative estimate of drug-likeness (QED) is 0.896. The van der Waals surface area contributed by atoms with Crippen molar-refractivity contribution < 1.29 is 14.7 Å². The number of hydrogen-bond acceptors (Lipinski definition) is 3. The molecule has 0 aliphatic carbocycles. The molecular weight excluding hydrogens is 258 g/mol. The van der Waals surface area contributed by atoms with E-state index in [1.807, 2.05) is 13.8 Å². The SMILES string of the molecule is CC(C)n1cc(NC(=O)c2cccc(C(=O)O)c2)cn1. The van der Waals surface area contributed by atoms with Crippen molar-refractivity contribution >= 4 is 17.6 Å². The number of anilines is 1. The van der Waals surface area contributed by atoms with Gasteiger partial charge in [0, 0.05) is 17.8 Å². The van der Waals surface area contributed by atoms with E-state index in [4.69, 9.17) is 5.11 Å². The molecule has 0 aliphatic rings. The Bertz CT molecular complexity index is 647. The van der Waals surface area contributed by atoms with Crippen molar-refractivity contribution in [3.05, 3.63) is 47.8 Å². The first-order valence-electron chi connectivity index (χ1n) is 6.16. The Morgan fingerprint density at radius 3 is 2.60 bits per heavy atom. The third kappa shape index (κ3) is 3.03. The van der Waals surface area contributed by atoms with Crippen molar-refractivity contribution in [2.75, 3.05) is 5.32 Å². The second kappa shape index (κ2) is 5.56. The Balaban J connectivity index is 2.15. The van der Waals surface area contributed by atoms with E-state index in [1.54, 1.807) is 23.1 Å². The van der Waals surface area contributed by atoms with Gasteiger partial charge in [0.15, 0.2) is 0 Å². The van der Waals surface area contributed by atoms with Gasteiger partial charge in [-0.05, 0) is 32.0 Å². The number of aromatic carboxylic acids is 1. The highest BCUT2D eigenvalue weighted by molar-refractivity contribution is 6.05. The number of carboxylic acids is 1. The van der Waals surface area contributed by atoms with E-state index in [9.17, 15) is 9.59 Å². The summed E-state index contributed by atoms with van der Waals surface area (Å²) >= 11 is 0. The number of carbonyl (C=O) groups is 2. The Morgan fingerprint density at radius 1 is 1.30 bits per heavy atom. The lowest BCUT2D eigenvalue weighted by Crippen LogP contribution is -2.12. The molecule has 0 bridgehead atoms. The minimum atomic E-state index is -1.06. The summed E-state index contributed by atoms with van der Waals surface area (Å²) in [4.78, 5) is 22.9. The number of carboxylic acid groups (broad SMARTS) is 1. The van der Waals surface area contributed by atoms with Crippen LogP contribution in [0.15, 0.2) is 36.7 Å². The van der Waals surface area contributed by atoms with E-state index >= 15 is 0 Å². The lowest BCUT2D eigenvalue weighted by atomic mass is 10.1. The second-order valence-electron chi connectivity index (χ2n) is 4.64. The second-order valence-corrected chi connectivity index (χ2v) is 4.64. The zero-order valence-corrected chi connectivity index (χ0v) is 11.2. The maximum absolute atomic E-state index is 12.0. The van der Waals surface area contributed by atoms with Gasteiger partial charge in [-0.2, -0.15) is 5.10 Å². The highest BCUT2D eigenvalue weighted by atomic mass is 16.4. The fourth-order valence-electron chi connectivity index (χ4n) is 1.68. The zero-order valence-electron chi connectivity index (χ0n) is 11.2. The van der Waals surface area contributed by atoms with Gasteiger partial charge < -0.3 is 10.4 Å². The van der Waals surface area contributed by atoms with Crippen LogP contribution in [0.1, 0.15) is 40.6 Å². The summed E-state index contributed by atoms with van der Waals surface area (Å²) in [5.41, 5.74) is 0.946. The molecule has 0 saturated heterocycles. The van der Waals surface area contributed by atoms with Crippen LogP contribution in [0, 0.1) is 0 Å². The molecule has 0 radical (unpaired) electrons. The summed E-state index contributed by atoms with van der Waals surface area (Å²) in [6.45, 7) is 3.96. The topological polar surface area (TPSA) is 84.2 Å². The molecule has 2 N–H and O–H groups in total. The maximum atomic E-state index is 12.0. The molecule has 2 rings (SSSR count). The minimum absolute atomic E-state index is 0.0792. The number of carbonyl (C=O) groups excluding carboxylic acids is 1. The van der Waals surface area contributed by atoms with Gasteiger partial charge in [0.25, 0.3) is 5.91 Å². The predicted molar refractivity (Wildman–Crippen MR) is 74.0 cm³/mol. The monoisotopic (exact) mass is 273 g/mol. The van der Waals surface area contributed by atoms with Gasteiger partial charge >= 0.3 is 5.97 Å². The van der Waals surface area contributed by atoms with E-state index in [2.05, 4.69) is 10.4 Å². The molecule has 104 valence electrons. The summed E-state index contributed by atoms with van der Waals surface area (Å²) < 4.78 is 1.73. The highest BCUT2D eigenvalue weighted by Crippen LogP contribution is 2.12. The maximum Gasteiger partial charge on any atom is 0.335 e. The van der Waals surface area contributed by atoms with E-state index in [0.29, 0.717) is 11.3 Å². The number of hydrogen-bond donors (Lipinski definition) is 2. The van der Waals surface area contributed by atoms with Crippen molar-refractivity contribution in [3.8, 4) is 0 Å². The molecule has 0 aliphatic heterocycles. The summed E-state index contributed by atoms with van der Waals surface area (Å²) in [7, 11) is 0. The van der Waals surface area contributed by atoms with Crippen LogP contribution < -0.4 is 5.32 Å². The number of amides is 1. The number of rotatable bonds is 4. The van der Waals surface area contributed by atoms with Crippen LogP contribution in [0.2, 0.25) is 0 Å². The van der Waals surface area contributed by atoms with E-state index in [-0.39, 0.29) is 17.5 Å². The molecule has 0 atom stereocenters. The summed E-state index contributed by atoms with van der Waals surface area (Å²) in [5, 5.41) is 15.7. The third-order valence-corrected chi connectivity index (χ3v) is 2.76. The molecule has 1 aromatic carbocycles. The smallest absolute Gasteiger partial charge is 0.335 e. The molecule has 2 aromatic rings. The first kappa shape index (κ1) is 13.8. The highest BCUT2D eigenvalue weighted by Gasteiger charge is 2.11. The van der Waals surface area contributed by atoms with E-state index in [0.717, 1.165) is 0 Å². The van der Waals surface area contributed by atoms with Crippen LogP contribution in [0.5, 0.6) is 0 Å². The van der Waals surface area contributed by atoms with E-state index < -0.39 is 5.97 Å². The van der Waals surface area contributed by atoms with Gasteiger partial charge in [0.2, 0.25) is 0 Å². The Labute approximate surface area is 116 Å². The average molecular weight is 273 g/mol. The largest absolute Gasteiger partial charge is 0.478 e. The first-order valence-corrected chi connectivity index (χ1v) is 6.16. The molecule has 0 fully saturated rings. The van der Waals surface area contributed by atoms with Crippen molar-refractivity contribution in [3.63, 3.8) is 0 Å². The fraction of sp³-hybridized carbons (Fsp3) is 0.214. The van der Waals surface area contributed by atoms with Crippen LogP contribution in [-0.2, 0) is 0 Å². The van der Waals surface area contributed by atoms with Crippen LogP contribution >= 0.6 is 0 Å². The van der Waals surface area contributed by atoms with E-state index in [1.165, 1.54) is 18.2 Å². The number of aromatic nitrogens is 2. The average Bonchev–Trinajstić information content (AvgIpc) is 2.87. The van der Waals surface area contributed by atoms with Gasteiger partial charge in [-0.25, -0.2) is 4.79 Å². The summed E-state index contributed by atoms with van der Waals surface area (Å²) in [6, 6.07) is 6.08. The molecule has 0 saturated carbocycles. The molecule has 0 spiro atoms. The molecule has 20 heavy (non-hydrogen) atoms. The van der Waals surface area contributed by atoms with Crippen LogP contribution in [0.25, 0.3) is 0 Å². The lowest BCUT2D eigenvalue weighted by molar-refractivity contribution is 0.0697. The summed E-state index contributed by atoms with van der Waals surface area (Å²) in [6.07, 6.45) is 3.28. The predicted octanol–water partition coefficient (Wildman–Crippen LogP) is 2.41. The molecular formula is C14H15N3O3. The first-order chi connectivity index (χ1) is 9.47. The van der Waals surface area contributed by atoms with Crippen LogP contribution in [-0.4, -0.2) is 26.8 Å². The Kier molecular flexibility index (Phi) is 3.84. The molecule has 0 unspecified atom stereocenters. The molecule has 6 heteroatoms. The van der Waals surface area contributed by atoms with Gasteiger partial charge in [0.05, 0.1) is 17.4 Å². The lowest BCUT2D eigenvalue weighted by Gasteiger charge is -2.05. The molecule has 1 amide bonds. The normalized spacial score (nSPS) is 10.6. The van der Waals surface area contributed by atoms with Crippen LogP contribution in [0.4, 0.5) is 5.69 Å². The zero-order chi connectivity index (χ0) is 14.7. The fourth-order valence-corrected chi connectivity index (χ4v) is 1.68. The Hall–Kier alpha value is -2.63. The molecule has 1 aromatic heterocycles. The van der Waals surface area contributed by atoms with Crippen molar-refractivity contribution in [2.24, 2.45) is 0 Å². The van der Waals surface area contributed by atoms with Gasteiger partial charge in [-0.15, -0.1) is 0 Å². The standard InChI is InChI=1S/C14H15N3O3/c1-9(2)17-8-12(7-15-17)16-13(18)10-4-3-5-11(6-10)14(19)20/h3-9H,1-2H3,(H,16,18)(H,19,20). The third-order valence-electron chi connectivity index (χ3n) is 2.76. The van der Waals surface area contributed by atoms with Gasteiger partial charge in [-0.3, -0.25) is 9.48 Å². The van der Waals surface area contributed by atoms with Crippen molar-refractivity contribution in [1.29, 1.82) is 0 Å². The number of nitrogens with one attached hydrogen (secondary N) is 1. The Morgan fingerprint density at radius 2 is 2.00 bits per heavy atom. The number of benzene rings is 1. The number of nitrogens with zero attached hydrogens (tertiary/aromatic N) is 2. The van der Waals surface area contributed by atoms with Crippen molar-refractivity contribution in [2.45, 2.75) is 19.9 Å². The van der Waals surface area contributed by atoms with Crippen molar-refractivity contribution in [1.82, 2.24) is 9.78 Å².